The molecule has 0 unspecified atom stereocenters. The molecule has 0 spiro atoms. The van der Waals surface area contributed by atoms with Crippen molar-refractivity contribution >= 4 is 0 Å². The maximum absolute atomic E-state index is 5.60. The molecule has 1 aromatic carbocycles. The molecule has 88 valence electrons. The Labute approximate surface area is 102 Å². The number of hydrogen-bond donors (Lipinski definition) is 0. The third-order valence-corrected chi connectivity index (χ3v) is 2.53. The van der Waals surface area contributed by atoms with Gasteiger partial charge in [0.15, 0.2) is 5.82 Å². The van der Waals surface area contributed by atoms with Gasteiger partial charge in [-0.15, -0.1) is 0 Å². The molecule has 0 bridgehead atoms. The fourth-order valence-electron chi connectivity index (χ4n) is 1.50. The van der Waals surface area contributed by atoms with E-state index in [4.69, 9.17) is 4.74 Å². The Balaban J connectivity index is 1.96. The first-order valence-corrected chi connectivity index (χ1v) is 5.74. The van der Waals surface area contributed by atoms with E-state index in [0.29, 0.717) is 18.3 Å². The van der Waals surface area contributed by atoms with Crippen molar-refractivity contribution < 1.29 is 4.74 Å². The van der Waals surface area contributed by atoms with Crippen molar-refractivity contribution in [3.05, 3.63) is 54.1 Å². The maximum atomic E-state index is 5.60. The van der Waals surface area contributed by atoms with Crippen molar-refractivity contribution in [2.24, 2.45) is 0 Å². The van der Waals surface area contributed by atoms with Crippen LogP contribution in [0, 0.1) is 0 Å². The molecule has 0 radical (unpaired) electrons. The Morgan fingerprint density at radius 1 is 1.06 bits per heavy atom. The first kappa shape index (κ1) is 11.6. The number of hydrogen-bond acceptors (Lipinski definition) is 3. The molecule has 0 fully saturated rings. The van der Waals surface area contributed by atoms with E-state index < -0.39 is 0 Å². The summed E-state index contributed by atoms with van der Waals surface area (Å²) >= 11 is 0. The van der Waals surface area contributed by atoms with E-state index in [-0.39, 0.29) is 0 Å². The Kier molecular flexibility index (Phi) is 3.70. The third-order valence-electron chi connectivity index (χ3n) is 2.53. The summed E-state index contributed by atoms with van der Waals surface area (Å²) in [6, 6.07) is 9.94. The molecule has 3 heteroatoms. The van der Waals surface area contributed by atoms with Crippen LogP contribution in [0.2, 0.25) is 0 Å². The molecule has 1 heterocycles. The Morgan fingerprint density at radius 2 is 1.71 bits per heavy atom. The molecule has 0 atom stereocenters. The third kappa shape index (κ3) is 3.28. The van der Waals surface area contributed by atoms with Crippen LogP contribution in [0.25, 0.3) is 0 Å². The largest absolute Gasteiger partial charge is 0.486 e. The van der Waals surface area contributed by atoms with E-state index in [9.17, 15) is 0 Å². The van der Waals surface area contributed by atoms with Gasteiger partial charge in [0.25, 0.3) is 0 Å². The van der Waals surface area contributed by atoms with Gasteiger partial charge in [0.05, 0.1) is 0 Å². The van der Waals surface area contributed by atoms with Crippen LogP contribution in [0.5, 0.6) is 5.75 Å². The molecule has 0 aliphatic rings. The number of nitrogens with zero attached hydrogens (tertiary/aromatic N) is 2. The van der Waals surface area contributed by atoms with Crippen LogP contribution in [-0.2, 0) is 6.61 Å². The van der Waals surface area contributed by atoms with Gasteiger partial charge in [-0.2, -0.15) is 0 Å². The monoisotopic (exact) mass is 228 g/mol. The van der Waals surface area contributed by atoms with Gasteiger partial charge in [0.2, 0.25) is 0 Å². The Hall–Kier alpha value is -1.90. The predicted molar refractivity (Wildman–Crippen MR) is 66.9 cm³/mol. The normalized spacial score (nSPS) is 10.5. The summed E-state index contributed by atoms with van der Waals surface area (Å²) in [4.78, 5) is 8.21. The number of aromatic nitrogens is 2. The summed E-state index contributed by atoms with van der Waals surface area (Å²) in [5.74, 6) is 2.09. The molecule has 2 rings (SSSR count). The molecule has 0 amide bonds. The van der Waals surface area contributed by atoms with E-state index in [2.05, 4.69) is 35.9 Å². The average Bonchev–Trinajstić information content (AvgIpc) is 2.38. The number of rotatable bonds is 4. The summed E-state index contributed by atoms with van der Waals surface area (Å²) < 4.78 is 5.60. The molecule has 1 aromatic heterocycles. The zero-order valence-corrected chi connectivity index (χ0v) is 10.1. The van der Waals surface area contributed by atoms with Crippen LogP contribution >= 0.6 is 0 Å². The highest BCUT2D eigenvalue weighted by Gasteiger charge is 2.00. The molecule has 0 saturated heterocycles. The molecule has 0 aliphatic heterocycles. The second-order valence-electron chi connectivity index (χ2n) is 4.18. The molecule has 3 nitrogen and oxygen atoms in total. The quantitative estimate of drug-likeness (QED) is 0.806. The highest BCUT2D eigenvalue weighted by atomic mass is 16.5. The Morgan fingerprint density at radius 3 is 2.29 bits per heavy atom. The van der Waals surface area contributed by atoms with Gasteiger partial charge in [-0.25, -0.2) is 9.97 Å². The topological polar surface area (TPSA) is 35.0 Å². The summed E-state index contributed by atoms with van der Waals surface area (Å²) in [5, 5.41) is 0. The van der Waals surface area contributed by atoms with Gasteiger partial charge < -0.3 is 4.74 Å². The lowest BCUT2D eigenvalue weighted by Gasteiger charge is -2.08. The lowest BCUT2D eigenvalue weighted by molar-refractivity contribution is 0.295. The van der Waals surface area contributed by atoms with Gasteiger partial charge >= 0.3 is 0 Å². The molecular weight excluding hydrogens is 212 g/mol. The lowest BCUT2D eigenvalue weighted by atomic mass is 10.0. The fraction of sp³-hybridized carbons (Fsp3) is 0.286. The second kappa shape index (κ2) is 5.43. The van der Waals surface area contributed by atoms with Crippen LogP contribution in [-0.4, -0.2) is 9.97 Å². The van der Waals surface area contributed by atoms with Gasteiger partial charge in [0.1, 0.15) is 12.4 Å². The van der Waals surface area contributed by atoms with Crippen LogP contribution in [0.15, 0.2) is 42.7 Å². The van der Waals surface area contributed by atoms with Crippen LogP contribution in [0.1, 0.15) is 31.2 Å². The van der Waals surface area contributed by atoms with E-state index in [1.54, 1.807) is 18.5 Å². The van der Waals surface area contributed by atoms with Crippen molar-refractivity contribution in [1.82, 2.24) is 9.97 Å². The van der Waals surface area contributed by atoms with Crippen LogP contribution < -0.4 is 4.74 Å². The summed E-state index contributed by atoms with van der Waals surface area (Å²) in [6.45, 7) is 4.75. The number of benzene rings is 1. The van der Waals surface area contributed by atoms with Gasteiger partial charge in [-0.3, -0.25) is 0 Å². The minimum atomic E-state index is 0.405. The van der Waals surface area contributed by atoms with Crippen molar-refractivity contribution in [3.8, 4) is 5.75 Å². The summed E-state index contributed by atoms with van der Waals surface area (Å²) in [6.07, 6.45) is 3.43. The van der Waals surface area contributed by atoms with Gasteiger partial charge in [-0.1, -0.05) is 26.0 Å². The van der Waals surface area contributed by atoms with E-state index in [1.807, 2.05) is 12.1 Å². The van der Waals surface area contributed by atoms with Gasteiger partial charge in [0, 0.05) is 12.4 Å². The van der Waals surface area contributed by atoms with E-state index in [1.165, 1.54) is 5.56 Å². The summed E-state index contributed by atoms with van der Waals surface area (Å²) in [5.41, 5.74) is 1.31. The first-order valence-electron chi connectivity index (χ1n) is 5.74. The standard InChI is InChI=1S/C14H16N2O/c1-11(2)12-4-6-13(7-5-12)17-10-14-15-8-3-9-16-14/h3-9,11H,10H2,1-2H3. The molecule has 0 aliphatic carbocycles. The van der Waals surface area contributed by atoms with Crippen molar-refractivity contribution in [1.29, 1.82) is 0 Å². The zero-order valence-electron chi connectivity index (χ0n) is 10.1. The highest BCUT2D eigenvalue weighted by molar-refractivity contribution is 5.28. The van der Waals surface area contributed by atoms with Crippen molar-refractivity contribution in [2.45, 2.75) is 26.4 Å². The fourth-order valence-corrected chi connectivity index (χ4v) is 1.50. The molecule has 0 saturated carbocycles. The van der Waals surface area contributed by atoms with Crippen LogP contribution in [0.4, 0.5) is 0 Å². The SMILES string of the molecule is CC(C)c1ccc(OCc2ncccn2)cc1. The average molecular weight is 228 g/mol. The summed E-state index contributed by atoms with van der Waals surface area (Å²) in [7, 11) is 0. The number of ether oxygens (including phenoxy) is 1. The van der Waals surface area contributed by atoms with Crippen LogP contribution in [0.3, 0.4) is 0 Å². The van der Waals surface area contributed by atoms with E-state index in [0.717, 1.165) is 5.75 Å². The maximum Gasteiger partial charge on any atom is 0.166 e. The second-order valence-corrected chi connectivity index (χ2v) is 4.18. The highest BCUT2D eigenvalue weighted by Crippen LogP contribution is 2.18. The van der Waals surface area contributed by atoms with Crippen molar-refractivity contribution in [2.75, 3.05) is 0 Å². The molecular formula is C14H16N2O. The first-order chi connectivity index (χ1) is 8.25. The van der Waals surface area contributed by atoms with Gasteiger partial charge in [-0.05, 0) is 29.7 Å². The minimum Gasteiger partial charge on any atom is -0.486 e. The zero-order chi connectivity index (χ0) is 12.1. The smallest absolute Gasteiger partial charge is 0.166 e. The molecule has 2 aromatic rings. The molecule has 0 N–H and O–H groups in total. The Bertz CT molecular complexity index is 451. The van der Waals surface area contributed by atoms with E-state index >= 15 is 0 Å². The minimum absolute atomic E-state index is 0.405. The van der Waals surface area contributed by atoms with Crippen molar-refractivity contribution in [3.63, 3.8) is 0 Å². The predicted octanol–water partition coefficient (Wildman–Crippen LogP) is 3.18. The molecule has 17 heavy (non-hydrogen) atoms. The lowest BCUT2D eigenvalue weighted by Crippen LogP contribution is -2.00.